The van der Waals surface area contributed by atoms with Crippen LogP contribution in [0.15, 0.2) is 9.98 Å². The summed E-state index contributed by atoms with van der Waals surface area (Å²) in [6, 6.07) is 0. The Hall–Kier alpha value is -0.990. The fourth-order valence-electron chi connectivity index (χ4n) is 0.279. The lowest BCUT2D eigenvalue weighted by Gasteiger charge is -1.87. The molecule has 0 spiro atoms. The number of aliphatic imine (C=N–C) groups is 2. The molecule has 1 aliphatic heterocycles. The second-order valence-electron chi connectivity index (χ2n) is 1.05. The lowest BCUT2D eigenvalue weighted by molar-refractivity contribution is -0.116. The van der Waals surface area contributed by atoms with Crippen molar-refractivity contribution >= 4 is 18.5 Å². The summed E-state index contributed by atoms with van der Waals surface area (Å²) in [7, 11) is 0. The highest BCUT2D eigenvalue weighted by molar-refractivity contribution is 5.99. The lowest BCUT2D eigenvalue weighted by atomic mass is 10.4. The normalized spacial score (nSPS) is 30.6. The van der Waals surface area contributed by atoms with Gasteiger partial charge in [0.1, 0.15) is 6.34 Å². The molecule has 1 amide bonds. The molecule has 1 unspecified atom stereocenters. The first kappa shape index (κ1) is 3.07. The SMILES string of the molecule is [2H]C1C=NC=NC1=O. The fraction of sp³-hybridized carbons (Fsp3) is 0.250. The van der Waals surface area contributed by atoms with Gasteiger partial charge in [0, 0.05) is 7.59 Å². The molecule has 36 valence electrons. The first-order chi connectivity index (χ1) is 3.80. The molecule has 0 aromatic carbocycles. The van der Waals surface area contributed by atoms with Crippen LogP contribution in [0, 0.1) is 0 Å². The van der Waals surface area contributed by atoms with Gasteiger partial charge in [-0.3, -0.25) is 4.79 Å². The van der Waals surface area contributed by atoms with Crippen LogP contribution in [0.4, 0.5) is 0 Å². The molecule has 1 aliphatic rings. The van der Waals surface area contributed by atoms with Gasteiger partial charge in [-0.2, -0.15) is 0 Å². The van der Waals surface area contributed by atoms with Crippen molar-refractivity contribution in [1.82, 2.24) is 0 Å². The molecule has 3 nitrogen and oxygen atoms in total. The van der Waals surface area contributed by atoms with Crippen LogP contribution in [-0.2, 0) is 4.79 Å². The second-order valence-corrected chi connectivity index (χ2v) is 1.05. The first-order valence-corrected chi connectivity index (χ1v) is 1.82. The van der Waals surface area contributed by atoms with Crippen LogP contribution < -0.4 is 0 Å². The summed E-state index contributed by atoms with van der Waals surface area (Å²) >= 11 is 0. The van der Waals surface area contributed by atoms with E-state index in [-0.39, 0.29) is 0 Å². The van der Waals surface area contributed by atoms with E-state index >= 15 is 0 Å². The molecule has 0 aromatic rings. The highest BCUT2D eigenvalue weighted by Gasteiger charge is 1.94. The molecular weight excluding hydrogens is 92.1 g/mol. The Labute approximate surface area is 42.2 Å². The third kappa shape index (κ3) is 0.924. The lowest BCUT2D eigenvalue weighted by Crippen LogP contribution is -1.97. The van der Waals surface area contributed by atoms with Crippen LogP contribution in [-0.4, -0.2) is 18.5 Å². The van der Waals surface area contributed by atoms with Crippen LogP contribution in [0.25, 0.3) is 0 Å². The molecule has 0 N–H and O–H groups in total. The molecule has 0 saturated heterocycles. The van der Waals surface area contributed by atoms with E-state index in [0.29, 0.717) is 0 Å². The molecular formula is C4H4N2O. The number of hydrogen-bond donors (Lipinski definition) is 0. The van der Waals surface area contributed by atoms with Gasteiger partial charge in [0.15, 0.2) is 0 Å². The molecule has 1 rings (SSSR count). The zero-order valence-electron chi connectivity index (χ0n) is 4.53. The Bertz CT molecular complexity index is 163. The van der Waals surface area contributed by atoms with Gasteiger partial charge in [-0.05, 0) is 0 Å². The van der Waals surface area contributed by atoms with E-state index in [1.54, 1.807) is 0 Å². The van der Waals surface area contributed by atoms with Crippen molar-refractivity contribution in [2.45, 2.75) is 6.40 Å². The van der Waals surface area contributed by atoms with Crippen LogP contribution in [0.1, 0.15) is 7.77 Å². The van der Waals surface area contributed by atoms with Crippen LogP contribution >= 0.6 is 0 Å². The van der Waals surface area contributed by atoms with Crippen molar-refractivity contribution < 1.29 is 6.17 Å². The average molecular weight is 97.1 g/mol. The van der Waals surface area contributed by atoms with E-state index in [9.17, 15) is 4.79 Å². The summed E-state index contributed by atoms with van der Waals surface area (Å²) < 4.78 is 6.87. The minimum atomic E-state index is -0.875. The van der Waals surface area contributed by atoms with E-state index < -0.39 is 12.3 Å². The molecule has 7 heavy (non-hydrogen) atoms. The molecule has 0 fully saturated rings. The maximum Gasteiger partial charge on any atom is 0.252 e. The van der Waals surface area contributed by atoms with E-state index in [1.165, 1.54) is 6.21 Å². The van der Waals surface area contributed by atoms with E-state index in [4.69, 9.17) is 1.37 Å². The van der Waals surface area contributed by atoms with E-state index in [2.05, 4.69) is 9.98 Å². The predicted molar refractivity (Wildman–Crippen MR) is 26.6 cm³/mol. The molecule has 0 aromatic heterocycles. The number of carbonyl (C=O) groups is 1. The Morgan fingerprint density at radius 2 is 2.86 bits per heavy atom. The van der Waals surface area contributed by atoms with Crippen molar-refractivity contribution in [3.05, 3.63) is 0 Å². The molecule has 0 saturated carbocycles. The highest BCUT2D eigenvalue weighted by Crippen LogP contribution is 1.84. The van der Waals surface area contributed by atoms with Gasteiger partial charge in [0.25, 0.3) is 5.91 Å². The second kappa shape index (κ2) is 1.64. The van der Waals surface area contributed by atoms with Crippen molar-refractivity contribution in [2.75, 3.05) is 0 Å². The maximum atomic E-state index is 10.3. The van der Waals surface area contributed by atoms with Crippen LogP contribution in [0.5, 0.6) is 0 Å². The zero-order valence-corrected chi connectivity index (χ0v) is 3.53. The quantitative estimate of drug-likeness (QED) is 0.420. The van der Waals surface area contributed by atoms with Crippen molar-refractivity contribution in [1.29, 1.82) is 0 Å². The van der Waals surface area contributed by atoms with Gasteiger partial charge >= 0.3 is 0 Å². The van der Waals surface area contributed by atoms with Crippen LogP contribution in [0.2, 0.25) is 0 Å². The fourth-order valence-corrected chi connectivity index (χ4v) is 0.279. The first-order valence-electron chi connectivity index (χ1n) is 2.40. The Morgan fingerprint density at radius 1 is 2.00 bits per heavy atom. The topological polar surface area (TPSA) is 41.8 Å². The number of hydrogen-bond acceptors (Lipinski definition) is 2. The minimum absolute atomic E-state index is 0.444. The molecule has 1 atom stereocenters. The molecule has 0 aliphatic carbocycles. The summed E-state index contributed by atoms with van der Waals surface area (Å²) in [5.74, 6) is -0.444. The van der Waals surface area contributed by atoms with Crippen molar-refractivity contribution in [2.24, 2.45) is 9.98 Å². The molecule has 3 heteroatoms. The molecule has 1 heterocycles. The third-order valence-corrected chi connectivity index (χ3v) is 0.555. The monoisotopic (exact) mass is 97.0 g/mol. The van der Waals surface area contributed by atoms with E-state index in [0.717, 1.165) is 6.34 Å². The van der Waals surface area contributed by atoms with E-state index in [1.807, 2.05) is 0 Å². The summed E-state index contributed by atoms with van der Waals surface area (Å²) in [5, 5.41) is 0. The summed E-state index contributed by atoms with van der Waals surface area (Å²) in [6.07, 6.45) is 1.52. The minimum Gasteiger partial charge on any atom is -0.272 e. The predicted octanol–water partition coefficient (Wildman–Crippen LogP) is 0.0158. The molecule has 0 radical (unpaired) electrons. The number of amides is 1. The smallest absolute Gasteiger partial charge is 0.252 e. The third-order valence-electron chi connectivity index (χ3n) is 0.555. The average Bonchev–Trinajstić information content (AvgIpc) is 1.77. The van der Waals surface area contributed by atoms with Gasteiger partial charge in [-0.1, -0.05) is 0 Å². The van der Waals surface area contributed by atoms with Crippen molar-refractivity contribution in [3.63, 3.8) is 0 Å². The van der Waals surface area contributed by atoms with Crippen molar-refractivity contribution in [3.8, 4) is 0 Å². The highest BCUT2D eigenvalue weighted by atomic mass is 16.1. The zero-order chi connectivity index (χ0) is 5.98. The molecule has 0 bridgehead atoms. The number of nitrogens with zero attached hydrogens (tertiary/aromatic N) is 2. The summed E-state index contributed by atoms with van der Waals surface area (Å²) in [5.41, 5.74) is 0. The Morgan fingerprint density at radius 3 is 3.29 bits per heavy atom. The van der Waals surface area contributed by atoms with Gasteiger partial charge < -0.3 is 0 Å². The largest absolute Gasteiger partial charge is 0.272 e. The summed E-state index contributed by atoms with van der Waals surface area (Å²) in [6.45, 7) is 0. The maximum absolute atomic E-state index is 10.3. The van der Waals surface area contributed by atoms with Crippen LogP contribution in [0.3, 0.4) is 0 Å². The van der Waals surface area contributed by atoms with Gasteiger partial charge in [-0.25, -0.2) is 9.98 Å². The Balaban J connectivity index is 2.74. The number of carbonyl (C=O) groups excluding carboxylic acids is 1. The number of rotatable bonds is 0. The Kier molecular flexibility index (Phi) is 0.719. The summed E-state index contributed by atoms with van der Waals surface area (Å²) in [4.78, 5) is 17.1. The van der Waals surface area contributed by atoms with Gasteiger partial charge in [0.2, 0.25) is 0 Å². The van der Waals surface area contributed by atoms with Gasteiger partial charge in [-0.15, -0.1) is 0 Å². The standard InChI is InChI=1S/C4H4N2O/c7-4-1-2-5-3-6-4/h2-3H,1H2/i1D. The van der Waals surface area contributed by atoms with Gasteiger partial charge in [0.05, 0.1) is 6.40 Å².